The molecule has 0 saturated heterocycles. The van der Waals surface area contributed by atoms with Gasteiger partial charge in [-0.05, 0) is 56.1 Å². The van der Waals surface area contributed by atoms with Crippen LogP contribution in [0.2, 0.25) is 0 Å². The number of benzene rings is 2. The average Bonchev–Trinajstić information content (AvgIpc) is 2.42. The lowest BCUT2D eigenvalue weighted by molar-refractivity contribution is 0.409. The Bertz CT molecular complexity index is 662. The number of para-hydroxylation sites is 1. The van der Waals surface area contributed by atoms with Gasteiger partial charge in [0.25, 0.3) is 0 Å². The third-order valence-electron chi connectivity index (χ3n) is 2.58. The van der Waals surface area contributed by atoms with Gasteiger partial charge >= 0.3 is 0 Å². The number of ether oxygens (including phenoxy) is 2. The molecule has 0 spiro atoms. The van der Waals surface area contributed by atoms with E-state index in [2.05, 4.69) is 31.9 Å². The highest BCUT2D eigenvalue weighted by Crippen LogP contribution is 2.38. The quantitative estimate of drug-likeness (QED) is 0.737. The highest BCUT2D eigenvalue weighted by Gasteiger charge is 2.12. The lowest BCUT2D eigenvalue weighted by Crippen LogP contribution is -2.10. The Morgan fingerprint density at radius 2 is 1.65 bits per heavy atom. The van der Waals surface area contributed by atoms with Crippen LogP contribution in [0.25, 0.3) is 0 Å². The summed E-state index contributed by atoms with van der Waals surface area (Å²) in [6.07, 6.45) is 0. The van der Waals surface area contributed by atoms with Crippen molar-refractivity contribution in [2.75, 3.05) is 7.11 Å². The van der Waals surface area contributed by atoms with Crippen molar-refractivity contribution in [2.45, 2.75) is 0 Å². The van der Waals surface area contributed by atoms with Crippen molar-refractivity contribution in [1.82, 2.24) is 0 Å². The molecule has 2 aromatic carbocycles. The first kappa shape index (κ1) is 15.3. The van der Waals surface area contributed by atoms with Gasteiger partial charge in [-0.2, -0.15) is 0 Å². The molecule has 0 aromatic heterocycles. The van der Waals surface area contributed by atoms with Gasteiger partial charge in [0.2, 0.25) is 0 Å². The molecule has 0 atom stereocenters. The SMILES string of the molecule is COc1cc(Br)c(Oc2ccccc2C(N)=S)cc1Br. The summed E-state index contributed by atoms with van der Waals surface area (Å²) >= 11 is 11.9. The number of rotatable bonds is 4. The first-order valence-electron chi connectivity index (χ1n) is 5.62. The number of hydrogen-bond donors (Lipinski definition) is 1. The van der Waals surface area contributed by atoms with E-state index in [0.29, 0.717) is 27.8 Å². The molecule has 20 heavy (non-hydrogen) atoms. The first-order chi connectivity index (χ1) is 9.52. The van der Waals surface area contributed by atoms with Crippen molar-refractivity contribution in [3.05, 3.63) is 50.9 Å². The van der Waals surface area contributed by atoms with Crippen molar-refractivity contribution in [3.63, 3.8) is 0 Å². The molecular weight excluding hydrogens is 406 g/mol. The molecule has 2 aromatic rings. The van der Waals surface area contributed by atoms with E-state index < -0.39 is 0 Å². The van der Waals surface area contributed by atoms with Gasteiger partial charge in [-0.15, -0.1) is 0 Å². The minimum atomic E-state index is 0.296. The molecule has 0 heterocycles. The lowest BCUT2D eigenvalue weighted by atomic mass is 10.2. The van der Waals surface area contributed by atoms with Crippen molar-refractivity contribution in [2.24, 2.45) is 5.73 Å². The van der Waals surface area contributed by atoms with Crippen molar-refractivity contribution in [3.8, 4) is 17.2 Å². The van der Waals surface area contributed by atoms with Gasteiger partial charge in [-0.25, -0.2) is 0 Å². The zero-order valence-corrected chi connectivity index (χ0v) is 14.5. The Morgan fingerprint density at radius 3 is 2.30 bits per heavy atom. The summed E-state index contributed by atoms with van der Waals surface area (Å²) in [7, 11) is 1.61. The average molecular weight is 417 g/mol. The van der Waals surface area contributed by atoms with Crippen molar-refractivity contribution in [1.29, 1.82) is 0 Å². The summed E-state index contributed by atoms with van der Waals surface area (Å²) in [5, 5.41) is 0. The zero-order chi connectivity index (χ0) is 14.7. The Kier molecular flexibility index (Phi) is 5.01. The summed E-state index contributed by atoms with van der Waals surface area (Å²) in [4.78, 5) is 0.296. The smallest absolute Gasteiger partial charge is 0.143 e. The van der Waals surface area contributed by atoms with Crippen LogP contribution in [0, 0.1) is 0 Å². The maximum absolute atomic E-state index is 5.88. The molecule has 6 heteroatoms. The molecule has 0 aliphatic carbocycles. The van der Waals surface area contributed by atoms with Gasteiger partial charge in [-0.1, -0.05) is 24.4 Å². The van der Waals surface area contributed by atoms with Crippen LogP contribution in [-0.4, -0.2) is 12.1 Å². The summed E-state index contributed by atoms with van der Waals surface area (Å²) in [6, 6.07) is 11.0. The van der Waals surface area contributed by atoms with Gasteiger partial charge in [0.1, 0.15) is 22.2 Å². The van der Waals surface area contributed by atoms with Gasteiger partial charge < -0.3 is 15.2 Å². The lowest BCUT2D eigenvalue weighted by Gasteiger charge is -2.13. The van der Waals surface area contributed by atoms with Crippen LogP contribution in [0.15, 0.2) is 45.3 Å². The second-order valence-corrected chi connectivity index (χ2v) is 6.03. The minimum absolute atomic E-state index is 0.296. The second-order valence-electron chi connectivity index (χ2n) is 3.88. The molecular formula is C14H11Br2NO2S. The van der Waals surface area contributed by atoms with Gasteiger partial charge in [0.05, 0.1) is 21.6 Å². The molecule has 0 unspecified atom stereocenters. The summed E-state index contributed by atoms with van der Waals surface area (Å²) in [5.41, 5.74) is 6.39. The standard InChI is InChI=1S/C14H11Br2NO2S/c1-18-12-6-10(16)13(7-9(12)15)19-11-5-3-2-4-8(11)14(17)20/h2-7H,1H3,(H2,17,20). The molecule has 2 N–H and O–H groups in total. The number of thiocarbonyl (C=S) groups is 1. The normalized spacial score (nSPS) is 10.2. The Labute approximate surface area is 139 Å². The molecule has 0 aliphatic heterocycles. The van der Waals surface area contributed by atoms with Crippen LogP contribution in [-0.2, 0) is 0 Å². The fraction of sp³-hybridized carbons (Fsp3) is 0.0714. The van der Waals surface area contributed by atoms with Crippen LogP contribution < -0.4 is 15.2 Å². The van der Waals surface area contributed by atoms with E-state index in [0.717, 1.165) is 8.95 Å². The molecule has 2 rings (SSSR count). The van der Waals surface area contributed by atoms with Gasteiger partial charge in [-0.3, -0.25) is 0 Å². The highest BCUT2D eigenvalue weighted by molar-refractivity contribution is 9.11. The van der Waals surface area contributed by atoms with Crippen LogP contribution in [0.4, 0.5) is 0 Å². The zero-order valence-electron chi connectivity index (χ0n) is 10.5. The van der Waals surface area contributed by atoms with E-state index in [-0.39, 0.29) is 0 Å². The topological polar surface area (TPSA) is 44.5 Å². The van der Waals surface area contributed by atoms with E-state index in [1.807, 2.05) is 36.4 Å². The van der Waals surface area contributed by atoms with Crippen molar-refractivity contribution >= 4 is 49.1 Å². The highest BCUT2D eigenvalue weighted by atomic mass is 79.9. The molecule has 0 amide bonds. The monoisotopic (exact) mass is 415 g/mol. The number of methoxy groups -OCH3 is 1. The van der Waals surface area contributed by atoms with E-state index >= 15 is 0 Å². The van der Waals surface area contributed by atoms with E-state index in [1.54, 1.807) is 7.11 Å². The summed E-state index contributed by atoms with van der Waals surface area (Å²) in [5.74, 6) is 1.96. The van der Waals surface area contributed by atoms with Gasteiger partial charge in [0, 0.05) is 0 Å². The fourth-order valence-corrected chi connectivity index (χ4v) is 2.68. The summed E-state index contributed by atoms with van der Waals surface area (Å²) < 4.78 is 12.7. The predicted octanol–water partition coefficient (Wildman–Crippen LogP) is 4.65. The molecule has 0 radical (unpaired) electrons. The van der Waals surface area contributed by atoms with Crippen LogP contribution in [0.3, 0.4) is 0 Å². The van der Waals surface area contributed by atoms with E-state index in [9.17, 15) is 0 Å². The predicted molar refractivity (Wildman–Crippen MR) is 90.8 cm³/mol. The third kappa shape index (κ3) is 3.31. The Balaban J connectivity index is 2.40. The number of halogens is 2. The van der Waals surface area contributed by atoms with Gasteiger partial charge in [0.15, 0.2) is 0 Å². The molecule has 0 bridgehead atoms. The maximum atomic E-state index is 5.88. The van der Waals surface area contributed by atoms with Crippen molar-refractivity contribution < 1.29 is 9.47 Å². The third-order valence-corrected chi connectivity index (χ3v) is 4.04. The largest absolute Gasteiger partial charge is 0.496 e. The molecule has 3 nitrogen and oxygen atoms in total. The van der Waals surface area contributed by atoms with E-state index in [1.165, 1.54) is 0 Å². The Morgan fingerprint density at radius 1 is 1.05 bits per heavy atom. The second kappa shape index (κ2) is 6.56. The molecule has 104 valence electrons. The first-order valence-corrected chi connectivity index (χ1v) is 7.62. The fourth-order valence-electron chi connectivity index (χ4n) is 1.62. The number of hydrogen-bond acceptors (Lipinski definition) is 3. The molecule has 0 aliphatic rings. The summed E-state index contributed by atoms with van der Waals surface area (Å²) in [6.45, 7) is 0. The van der Waals surface area contributed by atoms with Crippen LogP contribution in [0.1, 0.15) is 5.56 Å². The van der Waals surface area contributed by atoms with Crippen LogP contribution >= 0.6 is 44.1 Å². The van der Waals surface area contributed by atoms with Crippen LogP contribution in [0.5, 0.6) is 17.2 Å². The van der Waals surface area contributed by atoms with E-state index in [4.69, 9.17) is 27.4 Å². The number of nitrogens with two attached hydrogens (primary N) is 1. The Hall–Kier alpha value is -1.11. The molecule has 0 saturated carbocycles. The minimum Gasteiger partial charge on any atom is -0.496 e. The maximum Gasteiger partial charge on any atom is 0.143 e. The molecule has 0 fully saturated rings.